The van der Waals surface area contributed by atoms with Crippen LogP contribution in [0.3, 0.4) is 0 Å². The number of hydrogen-bond donors (Lipinski definition) is 1. The summed E-state index contributed by atoms with van der Waals surface area (Å²) in [7, 11) is 3.51. The molecule has 2 heterocycles. The van der Waals surface area contributed by atoms with Crippen molar-refractivity contribution in [1.82, 2.24) is 24.9 Å². The molecule has 0 radical (unpaired) electrons. The molecule has 3 rings (SSSR count). The number of esters is 1. The van der Waals surface area contributed by atoms with Crippen molar-refractivity contribution in [2.75, 3.05) is 46.9 Å². The minimum absolute atomic E-state index is 0.0123. The molecule has 0 bridgehead atoms. The molecule has 2 aliphatic rings. The molecule has 0 spiro atoms. The number of carbonyl (C=O) groups excluding carboxylic acids is 2. The Hall–Kier alpha value is -2.58. The second kappa shape index (κ2) is 11.9. The number of guanidine groups is 1. The van der Waals surface area contributed by atoms with Crippen LogP contribution < -0.4 is 5.32 Å². The van der Waals surface area contributed by atoms with Gasteiger partial charge in [0.1, 0.15) is 6.54 Å². The maximum Gasteiger partial charge on any atom is 0.341 e. The van der Waals surface area contributed by atoms with Gasteiger partial charge in [-0.1, -0.05) is 19.3 Å². The number of likely N-dealkylation sites (N-methyl/N-ethyl adjacent to an activating group) is 1. The van der Waals surface area contributed by atoms with Crippen LogP contribution in [0.4, 0.5) is 0 Å². The first kappa shape index (κ1) is 24.1. The van der Waals surface area contributed by atoms with Crippen LogP contribution in [-0.4, -0.2) is 84.3 Å². The lowest BCUT2D eigenvalue weighted by atomic mass is 9.89. The highest BCUT2D eigenvalue weighted by molar-refractivity contribution is 5.88. The van der Waals surface area contributed by atoms with Gasteiger partial charge >= 0.3 is 5.97 Å². The maximum absolute atomic E-state index is 12.2. The summed E-state index contributed by atoms with van der Waals surface area (Å²) in [6.45, 7) is 4.79. The van der Waals surface area contributed by atoms with E-state index in [-0.39, 0.29) is 24.5 Å². The SMILES string of the molecule is CCOC(=O)c1cnn(C2CCCN(C(=NCC(=O)N(C)C)NCC3CCCCC3)C2)c1. The van der Waals surface area contributed by atoms with Gasteiger partial charge in [0.25, 0.3) is 0 Å². The van der Waals surface area contributed by atoms with Crippen LogP contribution in [0.15, 0.2) is 17.4 Å². The summed E-state index contributed by atoms with van der Waals surface area (Å²) in [5, 5.41) is 7.99. The number of aromatic nitrogens is 2. The highest BCUT2D eigenvalue weighted by atomic mass is 16.5. The van der Waals surface area contributed by atoms with E-state index in [0.717, 1.165) is 38.4 Å². The summed E-state index contributed by atoms with van der Waals surface area (Å²) in [5.41, 5.74) is 0.477. The molecular weight excluding hydrogens is 408 g/mol. The number of amides is 1. The monoisotopic (exact) mass is 446 g/mol. The van der Waals surface area contributed by atoms with Crippen LogP contribution in [0.1, 0.15) is 68.3 Å². The molecule has 1 saturated carbocycles. The predicted molar refractivity (Wildman–Crippen MR) is 124 cm³/mol. The van der Waals surface area contributed by atoms with E-state index in [1.807, 2.05) is 4.68 Å². The minimum Gasteiger partial charge on any atom is -0.462 e. The molecule has 1 saturated heterocycles. The van der Waals surface area contributed by atoms with Gasteiger partial charge in [0, 0.05) is 39.9 Å². The second-order valence-corrected chi connectivity index (χ2v) is 8.98. The molecule has 1 aliphatic heterocycles. The standard InChI is InChI=1S/C23H38N6O3/c1-4-32-22(31)19-14-26-29(16-19)20-11-8-12-28(17-20)23(25-15-21(30)27(2)3)24-13-18-9-6-5-7-10-18/h14,16,18,20H,4-13,15,17H2,1-3H3,(H,24,25). The molecule has 1 aliphatic carbocycles. The Balaban J connectivity index is 1.68. The number of ether oxygens (including phenoxy) is 1. The van der Waals surface area contributed by atoms with Gasteiger partial charge in [0.15, 0.2) is 5.96 Å². The van der Waals surface area contributed by atoms with E-state index in [4.69, 9.17) is 4.74 Å². The molecule has 1 aromatic heterocycles. The molecule has 1 unspecified atom stereocenters. The summed E-state index contributed by atoms with van der Waals surface area (Å²) >= 11 is 0. The summed E-state index contributed by atoms with van der Waals surface area (Å²) in [5.74, 6) is 1.11. The maximum atomic E-state index is 12.2. The Morgan fingerprint density at radius 2 is 2.00 bits per heavy atom. The largest absolute Gasteiger partial charge is 0.462 e. The lowest BCUT2D eigenvalue weighted by Crippen LogP contribution is -2.48. The number of likely N-dealkylation sites (tertiary alicyclic amines) is 1. The first-order chi connectivity index (χ1) is 15.5. The van der Waals surface area contributed by atoms with Crippen molar-refractivity contribution >= 4 is 17.8 Å². The Labute approximate surface area is 191 Å². The van der Waals surface area contributed by atoms with Gasteiger partial charge in [-0.2, -0.15) is 5.10 Å². The zero-order valence-corrected chi connectivity index (χ0v) is 19.8. The zero-order chi connectivity index (χ0) is 22.9. The van der Waals surface area contributed by atoms with Gasteiger partial charge < -0.3 is 19.9 Å². The summed E-state index contributed by atoms with van der Waals surface area (Å²) in [6.07, 6.45) is 11.7. The van der Waals surface area contributed by atoms with Crippen molar-refractivity contribution in [1.29, 1.82) is 0 Å². The molecule has 1 amide bonds. The molecule has 0 aromatic carbocycles. The van der Waals surface area contributed by atoms with E-state index in [0.29, 0.717) is 18.1 Å². The van der Waals surface area contributed by atoms with Gasteiger partial charge in [-0.25, -0.2) is 9.79 Å². The molecule has 9 nitrogen and oxygen atoms in total. The fourth-order valence-electron chi connectivity index (χ4n) is 4.40. The van der Waals surface area contributed by atoms with Crippen LogP contribution in [0.2, 0.25) is 0 Å². The number of nitrogens with zero attached hydrogens (tertiary/aromatic N) is 5. The lowest BCUT2D eigenvalue weighted by Gasteiger charge is -2.36. The van der Waals surface area contributed by atoms with E-state index in [1.54, 1.807) is 38.3 Å². The minimum atomic E-state index is -0.343. The van der Waals surface area contributed by atoms with Gasteiger partial charge in [0.05, 0.1) is 24.4 Å². The average Bonchev–Trinajstić information content (AvgIpc) is 3.30. The third-order valence-corrected chi connectivity index (χ3v) is 6.32. The van der Waals surface area contributed by atoms with Crippen molar-refractivity contribution in [3.8, 4) is 0 Å². The highest BCUT2D eigenvalue weighted by Crippen LogP contribution is 2.24. The summed E-state index contributed by atoms with van der Waals surface area (Å²) < 4.78 is 6.95. The van der Waals surface area contributed by atoms with E-state index < -0.39 is 0 Å². The molecule has 9 heteroatoms. The molecular formula is C23H38N6O3. The Kier molecular flexibility index (Phi) is 8.93. The van der Waals surface area contributed by atoms with Gasteiger partial charge in [-0.15, -0.1) is 0 Å². The van der Waals surface area contributed by atoms with Crippen LogP contribution >= 0.6 is 0 Å². The number of nitrogens with one attached hydrogen (secondary N) is 1. The first-order valence-electron chi connectivity index (χ1n) is 11.9. The van der Waals surface area contributed by atoms with Crippen LogP contribution in [-0.2, 0) is 9.53 Å². The average molecular weight is 447 g/mol. The van der Waals surface area contributed by atoms with Crippen molar-refractivity contribution in [2.45, 2.75) is 57.9 Å². The van der Waals surface area contributed by atoms with Gasteiger partial charge in [0.2, 0.25) is 5.91 Å². The molecule has 2 fully saturated rings. The molecule has 1 atom stereocenters. The molecule has 178 valence electrons. The van der Waals surface area contributed by atoms with Crippen molar-refractivity contribution in [3.05, 3.63) is 18.0 Å². The van der Waals surface area contributed by atoms with E-state index in [1.165, 1.54) is 32.1 Å². The second-order valence-electron chi connectivity index (χ2n) is 8.98. The Bertz CT molecular complexity index is 784. The predicted octanol–water partition coefficient (Wildman–Crippen LogP) is 2.31. The van der Waals surface area contributed by atoms with E-state index in [9.17, 15) is 9.59 Å². The van der Waals surface area contributed by atoms with E-state index >= 15 is 0 Å². The molecule has 32 heavy (non-hydrogen) atoms. The van der Waals surface area contributed by atoms with Crippen molar-refractivity contribution in [2.24, 2.45) is 10.9 Å². The van der Waals surface area contributed by atoms with Crippen molar-refractivity contribution in [3.63, 3.8) is 0 Å². The van der Waals surface area contributed by atoms with Crippen LogP contribution in [0.25, 0.3) is 0 Å². The topological polar surface area (TPSA) is 92.1 Å². The van der Waals surface area contributed by atoms with E-state index in [2.05, 4.69) is 20.3 Å². The first-order valence-corrected chi connectivity index (χ1v) is 11.9. The fraction of sp³-hybridized carbons (Fsp3) is 0.739. The third-order valence-electron chi connectivity index (χ3n) is 6.32. The van der Waals surface area contributed by atoms with Crippen molar-refractivity contribution < 1.29 is 14.3 Å². The zero-order valence-electron chi connectivity index (χ0n) is 19.8. The third kappa shape index (κ3) is 6.71. The summed E-state index contributed by atoms with van der Waals surface area (Å²) in [4.78, 5) is 32.6. The molecule has 1 aromatic rings. The normalized spacial score (nSPS) is 20.2. The fourth-order valence-corrected chi connectivity index (χ4v) is 4.40. The van der Waals surface area contributed by atoms with Crippen LogP contribution in [0.5, 0.6) is 0 Å². The number of carbonyl (C=O) groups is 2. The van der Waals surface area contributed by atoms with Gasteiger partial charge in [-0.3, -0.25) is 9.48 Å². The summed E-state index contributed by atoms with van der Waals surface area (Å²) in [6, 6.07) is 0.137. The molecule has 1 N–H and O–H groups in total. The Morgan fingerprint density at radius 1 is 1.22 bits per heavy atom. The quantitative estimate of drug-likeness (QED) is 0.393. The highest BCUT2D eigenvalue weighted by Gasteiger charge is 2.26. The smallest absolute Gasteiger partial charge is 0.341 e. The Morgan fingerprint density at radius 3 is 2.72 bits per heavy atom. The number of hydrogen-bond acceptors (Lipinski definition) is 5. The lowest BCUT2D eigenvalue weighted by molar-refractivity contribution is -0.127. The van der Waals surface area contributed by atoms with Crippen LogP contribution in [0, 0.1) is 5.92 Å². The number of aliphatic imine (C=N–C) groups is 1. The number of rotatable bonds is 7. The van der Waals surface area contributed by atoms with Gasteiger partial charge in [-0.05, 0) is 38.5 Å². The number of piperidine rings is 1.